The molecule has 0 aliphatic heterocycles. The average molecular weight is 429 g/mol. The van der Waals surface area contributed by atoms with Gasteiger partial charge >= 0.3 is 0 Å². The highest BCUT2D eigenvalue weighted by Gasteiger charge is 2.47. The molecule has 0 saturated heterocycles. The molecule has 3 aromatic carbocycles. The van der Waals surface area contributed by atoms with E-state index in [1.54, 1.807) is 0 Å². The van der Waals surface area contributed by atoms with Crippen LogP contribution in [0.2, 0.25) is 0 Å². The van der Waals surface area contributed by atoms with E-state index in [0.29, 0.717) is 12.8 Å². The van der Waals surface area contributed by atoms with E-state index in [1.807, 2.05) is 91.0 Å². The summed E-state index contributed by atoms with van der Waals surface area (Å²) < 4.78 is 6.87. The molecule has 1 aliphatic rings. The molecule has 0 aromatic heterocycles. The molecule has 1 N–H and O–H groups in total. The number of hydrogen-bond acceptors (Lipinski definition) is 3. The van der Waals surface area contributed by atoms with Gasteiger partial charge in [0.05, 0.1) is 11.5 Å². The molecule has 0 amide bonds. The highest BCUT2D eigenvalue weighted by atomic mass is 16.5. The molecular weight excluding hydrogens is 396 g/mol. The molecule has 1 saturated carbocycles. The molecule has 0 bridgehead atoms. The monoisotopic (exact) mass is 428 g/mol. The minimum Gasteiger partial charge on any atom is -0.385 e. The average Bonchev–Trinajstić information content (AvgIpc) is 2.87. The summed E-state index contributed by atoms with van der Waals surface area (Å²) in [6.45, 7) is 2.09. The fraction of sp³-hybridized carbons (Fsp3) is 0.345. The highest BCUT2D eigenvalue weighted by Crippen LogP contribution is 2.51. The Hall–Kier alpha value is -2.75. The molecule has 0 unspecified atom stereocenters. The third-order valence-corrected chi connectivity index (χ3v) is 6.91. The summed E-state index contributed by atoms with van der Waals surface area (Å²) in [5.74, 6) is 0.279. The number of ketones is 1. The SMILES string of the molecule is CC[C@]1([C@@H](O[C@@H](c2ccccc2)[C@@H](O)c2ccccc2)c2ccccc2)CCCCC1=O. The van der Waals surface area contributed by atoms with Crippen LogP contribution in [0.15, 0.2) is 91.0 Å². The molecule has 3 heteroatoms. The van der Waals surface area contributed by atoms with Crippen molar-refractivity contribution in [3.05, 3.63) is 108 Å². The molecule has 32 heavy (non-hydrogen) atoms. The molecule has 4 atom stereocenters. The van der Waals surface area contributed by atoms with Crippen LogP contribution in [-0.2, 0) is 9.53 Å². The Bertz CT molecular complexity index is 987. The zero-order valence-electron chi connectivity index (χ0n) is 18.7. The lowest BCUT2D eigenvalue weighted by Gasteiger charge is -2.43. The van der Waals surface area contributed by atoms with Crippen molar-refractivity contribution < 1.29 is 14.6 Å². The summed E-state index contributed by atoms with van der Waals surface area (Å²) in [5, 5.41) is 11.4. The van der Waals surface area contributed by atoms with Crippen LogP contribution < -0.4 is 0 Å². The maximum Gasteiger partial charge on any atom is 0.141 e. The number of carbonyl (C=O) groups excluding carboxylic acids is 1. The summed E-state index contributed by atoms with van der Waals surface area (Å²) in [4.78, 5) is 13.4. The fourth-order valence-electron chi connectivity index (χ4n) is 5.06. The maximum absolute atomic E-state index is 13.4. The van der Waals surface area contributed by atoms with E-state index in [2.05, 4.69) is 6.92 Å². The van der Waals surface area contributed by atoms with Crippen molar-refractivity contribution >= 4 is 5.78 Å². The van der Waals surface area contributed by atoms with Crippen molar-refractivity contribution in [3.8, 4) is 0 Å². The van der Waals surface area contributed by atoms with E-state index in [9.17, 15) is 9.90 Å². The summed E-state index contributed by atoms with van der Waals surface area (Å²) >= 11 is 0. The van der Waals surface area contributed by atoms with Gasteiger partial charge in [0.15, 0.2) is 0 Å². The Morgan fingerprint density at radius 2 is 1.34 bits per heavy atom. The lowest BCUT2D eigenvalue weighted by Crippen LogP contribution is -2.41. The van der Waals surface area contributed by atoms with Crippen molar-refractivity contribution in [1.82, 2.24) is 0 Å². The van der Waals surface area contributed by atoms with Gasteiger partial charge in [-0.2, -0.15) is 0 Å². The van der Waals surface area contributed by atoms with Gasteiger partial charge in [0, 0.05) is 6.42 Å². The number of Topliss-reactive ketones (excluding diaryl/α,β-unsaturated/α-hetero) is 1. The smallest absolute Gasteiger partial charge is 0.141 e. The number of benzene rings is 3. The summed E-state index contributed by atoms with van der Waals surface area (Å²) in [7, 11) is 0. The number of aliphatic hydroxyl groups excluding tert-OH is 1. The zero-order chi connectivity index (χ0) is 22.4. The minimum absolute atomic E-state index is 0.279. The van der Waals surface area contributed by atoms with Crippen LogP contribution in [0.1, 0.15) is 74.0 Å². The maximum atomic E-state index is 13.4. The first-order chi connectivity index (χ1) is 15.7. The molecule has 4 rings (SSSR count). The first-order valence-corrected chi connectivity index (χ1v) is 11.7. The van der Waals surface area contributed by atoms with Crippen LogP contribution in [0, 0.1) is 5.41 Å². The normalized spacial score (nSPS) is 21.6. The van der Waals surface area contributed by atoms with E-state index in [-0.39, 0.29) is 5.78 Å². The second-order valence-corrected chi connectivity index (χ2v) is 8.75. The summed E-state index contributed by atoms with van der Waals surface area (Å²) in [6, 6.07) is 29.5. The number of hydrogen-bond donors (Lipinski definition) is 1. The number of ether oxygens (including phenoxy) is 1. The van der Waals surface area contributed by atoms with Crippen LogP contribution in [0.5, 0.6) is 0 Å². The molecule has 3 nitrogen and oxygen atoms in total. The van der Waals surface area contributed by atoms with Crippen molar-refractivity contribution in [2.75, 3.05) is 0 Å². The van der Waals surface area contributed by atoms with Gasteiger partial charge in [-0.05, 0) is 36.0 Å². The standard InChI is InChI=1S/C29H32O3/c1-2-29(21-13-12-20-25(29)30)28(24-18-10-5-11-19-24)32-27(23-16-8-4-9-17-23)26(31)22-14-6-3-7-15-22/h3-11,14-19,26-28,31H,2,12-13,20-21H2,1H3/t26-,27-,28-,29-/m0/s1. The fourth-order valence-corrected chi connectivity index (χ4v) is 5.06. The largest absolute Gasteiger partial charge is 0.385 e. The predicted octanol–water partition coefficient (Wildman–Crippen LogP) is 6.76. The number of rotatable bonds is 8. The molecular formula is C29H32O3. The molecule has 3 aromatic rings. The van der Waals surface area contributed by atoms with Crippen molar-refractivity contribution in [3.63, 3.8) is 0 Å². The Balaban J connectivity index is 1.79. The molecule has 0 heterocycles. The Labute approximate surface area is 191 Å². The number of aliphatic hydroxyl groups is 1. The van der Waals surface area contributed by atoms with Crippen LogP contribution in [0.4, 0.5) is 0 Å². The van der Waals surface area contributed by atoms with Crippen molar-refractivity contribution in [1.29, 1.82) is 0 Å². The minimum atomic E-state index is -0.850. The van der Waals surface area contributed by atoms with E-state index in [0.717, 1.165) is 36.0 Å². The third-order valence-electron chi connectivity index (χ3n) is 6.91. The van der Waals surface area contributed by atoms with Gasteiger partial charge in [-0.15, -0.1) is 0 Å². The van der Waals surface area contributed by atoms with E-state index < -0.39 is 23.7 Å². The molecule has 0 spiro atoms. The van der Waals surface area contributed by atoms with Crippen LogP contribution in [0.3, 0.4) is 0 Å². The third kappa shape index (κ3) is 4.55. The molecule has 166 valence electrons. The van der Waals surface area contributed by atoms with Gasteiger partial charge in [0.25, 0.3) is 0 Å². The van der Waals surface area contributed by atoms with Gasteiger partial charge in [-0.25, -0.2) is 0 Å². The molecule has 0 radical (unpaired) electrons. The quantitative estimate of drug-likeness (QED) is 0.431. The topological polar surface area (TPSA) is 46.5 Å². The predicted molar refractivity (Wildman–Crippen MR) is 127 cm³/mol. The molecule has 1 aliphatic carbocycles. The second kappa shape index (κ2) is 10.2. The van der Waals surface area contributed by atoms with Crippen LogP contribution in [-0.4, -0.2) is 10.9 Å². The molecule has 1 fully saturated rings. The van der Waals surface area contributed by atoms with E-state index in [4.69, 9.17) is 4.74 Å². The van der Waals surface area contributed by atoms with Gasteiger partial charge in [-0.3, -0.25) is 4.79 Å². The zero-order valence-corrected chi connectivity index (χ0v) is 18.7. The Kier molecular flexibility index (Phi) is 7.19. The first-order valence-electron chi connectivity index (χ1n) is 11.7. The van der Waals surface area contributed by atoms with Gasteiger partial charge in [0.2, 0.25) is 0 Å². The van der Waals surface area contributed by atoms with Crippen LogP contribution in [0.25, 0.3) is 0 Å². The Morgan fingerprint density at radius 3 is 1.88 bits per heavy atom. The van der Waals surface area contributed by atoms with Gasteiger partial charge < -0.3 is 9.84 Å². The lowest BCUT2D eigenvalue weighted by atomic mass is 9.65. The van der Waals surface area contributed by atoms with Crippen molar-refractivity contribution in [2.24, 2.45) is 5.41 Å². The van der Waals surface area contributed by atoms with Crippen LogP contribution >= 0.6 is 0 Å². The Morgan fingerprint density at radius 1 is 0.812 bits per heavy atom. The van der Waals surface area contributed by atoms with E-state index >= 15 is 0 Å². The first kappa shape index (κ1) is 22.4. The van der Waals surface area contributed by atoms with Crippen molar-refractivity contribution in [2.45, 2.75) is 57.3 Å². The van der Waals surface area contributed by atoms with Gasteiger partial charge in [-0.1, -0.05) is 104 Å². The number of carbonyl (C=O) groups is 1. The summed E-state index contributed by atoms with van der Waals surface area (Å²) in [6.07, 6.45) is 2.21. The highest BCUT2D eigenvalue weighted by molar-refractivity contribution is 5.86. The summed E-state index contributed by atoms with van der Waals surface area (Å²) in [5.41, 5.74) is 2.11. The lowest BCUT2D eigenvalue weighted by molar-refractivity contribution is -0.161. The van der Waals surface area contributed by atoms with Gasteiger partial charge in [0.1, 0.15) is 18.0 Å². The van der Waals surface area contributed by atoms with E-state index in [1.165, 1.54) is 0 Å². The second-order valence-electron chi connectivity index (χ2n) is 8.75.